The van der Waals surface area contributed by atoms with E-state index in [4.69, 9.17) is 14.2 Å². The Hall–Kier alpha value is -1.59. The van der Waals surface area contributed by atoms with Crippen LogP contribution >= 0.6 is 0 Å². The Morgan fingerprint density at radius 2 is 1.95 bits per heavy atom. The SMILES string of the molecule is CCNC(COc1ccc(CCOC)cc1)C(=O)OCC. The molecule has 1 atom stereocenters. The van der Waals surface area contributed by atoms with E-state index in [1.54, 1.807) is 14.0 Å². The Kier molecular flexibility index (Phi) is 8.47. The van der Waals surface area contributed by atoms with Crippen LogP contribution < -0.4 is 10.1 Å². The summed E-state index contributed by atoms with van der Waals surface area (Å²) in [5, 5.41) is 3.06. The van der Waals surface area contributed by atoms with E-state index < -0.39 is 6.04 Å². The minimum Gasteiger partial charge on any atom is -0.491 e. The summed E-state index contributed by atoms with van der Waals surface area (Å²) in [7, 11) is 1.69. The van der Waals surface area contributed by atoms with Crippen molar-refractivity contribution in [2.45, 2.75) is 26.3 Å². The molecule has 1 aromatic carbocycles. The molecule has 5 nitrogen and oxygen atoms in total. The van der Waals surface area contributed by atoms with E-state index in [2.05, 4.69) is 5.32 Å². The number of hydrogen-bond donors (Lipinski definition) is 1. The molecule has 0 saturated carbocycles. The molecule has 1 aromatic rings. The molecule has 118 valence electrons. The van der Waals surface area contributed by atoms with Gasteiger partial charge >= 0.3 is 5.97 Å². The van der Waals surface area contributed by atoms with Crippen molar-refractivity contribution in [3.8, 4) is 5.75 Å². The van der Waals surface area contributed by atoms with Crippen molar-refractivity contribution >= 4 is 5.97 Å². The third-order valence-electron chi connectivity index (χ3n) is 2.96. The van der Waals surface area contributed by atoms with Crippen LogP contribution in [0.2, 0.25) is 0 Å². The lowest BCUT2D eigenvalue weighted by molar-refractivity contribution is -0.146. The number of hydrogen-bond acceptors (Lipinski definition) is 5. The average molecular weight is 295 g/mol. The Morgan fingerprint density at radius 3 is 2.52 bits per heavy atom. The first-order valence-corrected chi connectivity index (χ1v) is 7.31. The summed E-state index contributed by atoms with van der Waals surface area (Å²) < 4.78 is 15.7. The fourth-order valence-electron chi connectivity index (χ4n) is 1.85. The van der Waals surface area contributed by atoms with Crippen LogP contribution in [0.4, 0.5) is 0 Å². The van der Waals surface area contributed by atoms with E-state index in [0.29, 0.717) is 19.8 Å². The molecule has 0 aliphatic rings. The predicted molar refractivity (Wildman–Crippen MR) is 81.6 cm³/mol. The fourth-order valence-corrected chi connectivity index (χ4v) is 1.85. The summed E-state index contributed by atoms with van der Waals surface area (Å²) >= 11 is 0. The van der Waals surface area contributed by atoms with Crippen LogP contribution in [0.3, 0.4) is 0 Å². The number of nitrogens with one attached hydrogen (secondary N) is 1. The third kappa shape index (κ3) is 6.60. The summed E-state index contributed by atoms with van der Waals surface area (Å²) in [6.07, 6.45) is 0.875. The highest BCUT2D eigenvalue weighted by Gasteiger charge is 2.19. The molecule has 0 amide bonds. The van der Waals surface area contributed by atoms with Gasteiger partial charge in [0.15, 0.2) is 0 Å². The maximum atomic E-state index is 11.7. The van der Waals surface area contributed by atoms with Crippen LogP contribution in [0.5, 0.6) is 5.75 Å². The molecule has 0 bridgehead atoms. The monoisotopic (exact) mass is 295 g/mol. The number of esters is 1. The van der Waals surface area contributed by atoms with Crippen molar-refractivity contribution in [2.75, 3.05) is 33.5 Å². The van der Waals surface area contributed by atoms with E-state index in [9.17, 15) is 4.79 Å². The highest BCUT2D eigenvalue weighted by Crippen LogP contribution is 2.13. The van der Waals surface area contributed by atoms with Crippen LogP contribution in [-0.2, 0) is 20.7 Å². The van der Waals surface area contributed by atoms with E-state index in [0.717, 1.165) is 12.2 Å². The lowest BCUT2D eigenvalue weighted by atomic mass is 10.1. The molecule has 1 unspecified atom stereocenters. The van der Waals surface area contributed by atoms with Gasteiger partial charge in [-0.1, -0.05) is 19.1 Å². The second kappa shape index (κ2) is 10.2. The Bertz CT molecular complexity index is 405. The van der Waals surface area contributed by atoms with Crippen molar-refractivity contribution in [2.24, 2.45) is 0 Å². The van der Waals surface area contributed by atoms with Crippen molar-refractivity contribution in [3.05, 3.63) is 29.8 Å². The van der Waals surface area contributed by atoms with E-state index in [1.165, 1.54) is 5.56 Å². The number of carbonyl (C=O) groups is 1. The molecular weight excluding hydrogens is 270 g/mol. The number of carbonyl (C=O) groups excluding carboxylic acids is 1. The second-order valence-electron chi connectivity index (χ2n) is 4.56. The predicted octanol–water partition coefficient (Wildman–Crippen LogP) is 1.80. The number of benzene rings is 1. The number of methoxy groups -OCH3 is 1. The average Bonchev–Trinajstić information content (AvgIpc) is 2.50. The highest BCUT2D eigenvalue weighted by molar-refractivity contribution is 5.76. The molecule has 0 aromatic heterocycles. The maximum Gasteiger partial charge on any atom is 0.326 e. The minimum absolute atomic E-state index is 0.254. The molecule has 0 aliphatic carbocycles. The Labute approximate surface area is 126 Å². The van der Waals surface area contributed by atoms with Gasteiger partial charge in [-0.05, 0) is 37.6 Å². The first-order chi connectivity index (χ1) is 10.2. The fraction of sp³-hybridized carbons (Fsp3) is 0.562. The number of rotatable bonds is 10. The van der Waals surface area contributed by atoms with Gasteiger partial charge in [0, 0.05) is 7.11 Å². The van der Waals surface area contributed by atoms with Gasteiger partial charge in [-0.2, -0.15) is 0 Å². The molecule has 5 heteroatoms. The highest BCUT2D eigenvalue weighted by atomic mass is 16.5. The van der Waals surface area contributed by atoms with Gasteiger partial charge in [0.2, 0.25) is 0 Å². The van der Waals surface area contributed by atoms with Gasteiger partial charge in [-0.15, -0.1) is 0 Å². The normalized spacial score (nSPS) is 12.0. The summed E-state index contributed by atoms with van der Waals surface area (Å²) in [6, 6.07) is 7.36. The zero-order chi connectivity index (χ0) is 15.5. The first kappa shape index (κ1) is 17.5. The van der Waals surface area contributed by atoms with Gasteiger partial charge in [-0.25, -0.2) is 0 Å². The second-order valence-corrected chi connectivity index (χ2v) is 4.56. The van der Waals surface area contributed by atoms with E-state index in [1.807, 2.05) is 31.2 Å². The molecule has 0 saturated heterocycles. The van der Waals surface area contributed by atoms with Crippen LogP contribution in [0, 0.1) is 0 Å². The van der Waals surface area contributed by atoms with E-state index >= 15 is 0 Å². The maximum absolute atomic E-state index is 11.7. The van der Waals surface area contributed by atoms with Gasteiger partial charge in [0.25, 0.3) is 0 Å². The lowest BCUT2D eigenvalue weighted by Crippen LogP contribution is -2.42. The van der Waals surface area contributed by atoms with Crippen molar-refractivity contribution in [1.82, 2.24) is 5.32 Å². The zero-order valence-corrected chi connectivity index (χ0v) is 13.1. The quantitative estimate of drug-likeness (QED) is 0.667. The summed E-state index contributed by atoms with van der Waals surface area (Å²) in [4.78, 5) is 11.7. The Balaban J connectivity index is 2.49. The first-order valence-electron chi connectivity index (χ1n) is 7.31. The van der Waals surface area contributed by atoms with E-state index in [-0.39, 0.29) is 12.6 Å². The molecular formula is C16H25NO4. The minimum atomic E-state index is -0.442. The van der Waals surface area contributed by atoms with Gasteiger partial charge in [-0.3, -0.25) is 4.79 Å². The molecule has 0 heterocycles. The molecule has 0 spiro atoms. The standard InChI is InChI=1S/C16H25NO4/c1-4-17-15(16(18)20-5-2)12-21-14-8-6-13(7-9-14)10-11-19-3/h6-9,15,17H,4-5,10-12H2,1-3H3. The number of ether oxygens (including phenoxy) is 3. The van der Waals surface area contributed by atoms with Crippen LogP contribution in [0.1, 0.15) is 19.4 Å². The molecule has 0 fully saturated rings. The molecule has 1 rings (SSSR count). The summed E-state index contributed by atoms with van der Waals surface area (Å²) in [5.41, 5.74) is 1.19. The summed E-state index contributed by atoms with van der Waals surface area (Å²) in [5.74, 6) is 0.458. The van der Waals surface area contributed by atoms with Crippen LogP contribution in [0.15, 0.2) is 24.3 Å². The molecule has 0 aliphatic heterocycles. The van der Waals surface area contributed by atoms with Crippen LogP contribution in [0.25, 0.3) is 0 Å². The molecule has 21 heavy (non-hydrogen) atoms. The van der Waals surface area contributed by atoms with Crippen LogP contribution in [-0.4, -0.2) is 45.5 Å². The van der Waals surface area contributed by atoms with Gasteiger partial charge in [0.05, 0.1) is 13.2 Å². The van der Waals surface area contributed by atoms with Gasteiger partial charge < -0.3 is 19.5 Å². The third-order valence-corrected chi connectivity index (χ3v) is 2.96. The molecule has 0 radical (unpaired) electrons. The largest absolute Gasteiger partial charge is 0.491 e. The van der Waals surface area contributed by atoms with Crippen molar-refractivity contribution in [3.63, 3.8) is 0 Å². The van der Waals surface area contributed by atoms with Gasteiger partial charge in [0.1, 0.15) is 18.4 Å². The topological polar surface area (TPSA) is 56.8 Å². The van der Waals surface area contributed by atoms with Crippen molar-refractivity contribution in [1.29, 1.82) is 0 Å². The molecule has 1 N–H and O–H groups in total. The number of likely N-dealkylation sites (N-methyl/N-ethyl adjacent to an activating group) is 1. The smallest absolute Gasteiger partial charge is 0.326 e. The lowest BCUT2D eigenvalue weighted by Gasteiger charge is -2.17. The summed E-state index contributed by atoms with van der Waals surface area (Å²) in [6.45, 7) is 5.74. The zero-order valence-electron chi connectivity index (χ0n) is 13.1. The Morgan fingerprint density at radius 1 is 1.24 bits per heavy atom. The van der Waals surface area contributed by atoms with Crippen molar-refractivity contribution < 1.29 is 19.0 Å².